The van der Waals surface area contributed by atoms with Gasteiger partial charge in [0.15, 0.2) is 8.32 Å². The van der Waals surface area contributed by atoms with E-state index in [1.54, 1.807) is 0 Å². The van der Waals surface area contributed by atoms with Crippen molar-refractivity contribution in [1.29, 1.82) is 0 Å². The first-order chi connectivity index (χ1) is 12.7. The highest BCUT2D eigenvalue weighted by Gasteiger charge is 2.36. The molecule has 0 radical (unpaired) electrons. The molecule has 2 nitrogen and oxygen atoms in total. The van der Waals surface area contributed by atoms with Crippen LogP contribution in [0.5, 0.6) is 11.5 Å². The van der Waals surface area contributed by atoms with Crippen LogP contribution in [0.4, 0.5) is 0 Å². The molecule has 1 aliphatic rings. The lowest BCUT2D eigenvalue weighted by Crippen LogP contribution is -2.40. The molecule has 2 aromatic rings. The van der Waals surface area contributed by atoms with Gasteiger partial charge in [0.05, 0.1) is 6.61 Å². The Bertz CT molecular complexity index is 772. The predicted molar refractivity (Wildman–Crippen MR) is 116 cm³/mol. The second kappa shape index (κ2) is 7.65. The molecule has 1 atom stereocenters. The SMILES string of the molecule is CC(/C=C/CO[Si](C)(C)C(C)(C)C)C1c2ccccc2Oc2ccccc21. The molecular formula is C24H32O2Si. The molecule has 0 spiro atoms. The summed E-state index contributed by atoms with van der Waals surface area (Å²) < 4.78 is 12.4. The summed E-state index contributed by atoms with van der Waals surface area (Å²) in [5.41, 5.74) is 2.53. The van der Waals surface area contributed by atoms with Crippen LogP contribution >= 0.6 is 0 Å². The van der Waals surface area contributed by atoms with Gasteiger partial charge in [0.25, 0.3) is 0 Å². The third-order valence-electron chi connectivity index (χ3n) is 6.04. The number of ether oxygens (including phenoxy) is 1. The first-order valence-electron chi connectivity index (χ1n) is 9.87. The van der Waals surface area contributed by atoms with Crippen LogP contribution in [0.3, 0.4) is 0 Å². The van der Waals surface area contributed by atoms with E-state index in [1.807, 2.05) is 12.1 Å². The zero-order valence-corrected chi connectivity index (χ0v) is 18.5. The molecule has 2 aromatic carbocycles. The zero-order chi connectivity index (χ0) is 19.7. The van der Waals surface area contributed by atoms with Crippen molar-refractivity contribution in [3.05, 3.63) is 71.8 Å². The minimum atomic E-state index is -1.70. The summed E-state index contributed by atoms with van der Waals surface area (Å²) in [4.78, 5) is 0. The molecule has 144 valence electrons. The Hall–Kier alpha value is -1.84. The summed E-state index contributed by atoms with van der Waals surface area (Å²) in [7, 11) is -1.70. The summed E-state index contributed by atoms with van der Waals surface area (Å²) in [6.45, 7) is 14.4. The van der Waals surface area contributed by atoms with E-state index in [0.29, 0.717) is 18.4 Å². The monoisotopic (exact) mass is 380 g/mol. The van der Waals surface area contributed by atoms with Gasteiger partial charge in [-0.15, -0.1) is 0 Å². The highest BCUT2D eigenvalue weighted by molar-refractivity contribution is 6.74. The van der Waals surface area contributed by atoms with Crippen LogP contribution in [0.15, 0.2) is 60.7 Å². The van der Waals surface area contributed by atoms with Gasteiger partial charge >= 0.3 is 0 Å². The first-order valence-corrected chi connectivity index (χ1v) is 12.8. The topological polar surface area (TPSA) is 18.5 Å². The minimum Gasteiger partial charge on any atom is -0.457 e. The fourth-order valence-corrected chi connectivity index (χ4v) is 4.31. The first kappa shape index (κ1) is 19.9. The van der Waals surface area contributed by atoms with Crippen LogP contribution < -0.4 is 4.74 Å². The van der Waals surface area contributed by atoms with E-state index in [0.717, 1.165) is 11.5 Å². The fraction of sp³-hybridized carbons (Fsp3) is 0.417. The van der Waals surface area contributed by atoms with Gasteiger partial charge in [-0.05, 0) is 36.2 Å². The normalized spacial score (nSPS) is 15.9. The van der Waals surface area contributed by atoms with Crippen LogP contribution in [-0.2, 0) is 4.43 Å². The molecule has 0 N–H and O–H groups in total. The number of hydrogen-bond acceptors (Lipinski definition) is 2. The molecule has 0 amide bonds. The van der Waals surface area contributed by atoms with E-state index in [-0.39, 0.29) is 5.04 Å². The van der Waals surface area contributed by atoms with Gasteiger partial charge in [-0.3, -0.25) is 0 Å². The molecule has 1 aliphatic heterocycles. The number of allylic oxidation sites excluding steroid dienone is 1. The maximum absolute atomic E-state index is 6.30. The van der Waals surface area contributed by atoms with Crippen molar-refractivity contribution in [1.82, 2.24) is 0 Å². The molecule has 0 aromatic heterocycles. The van der Waals surface area contributed by atoms with Crippen molar-refractivity contribution in [3.63, 3.8) is 0 Å². The fourth-order valence-electron chi connectivity index (χ4n) is 3.37. The molecule has 0 saturated heterocycles. The van der Waals surface area contributed by atoms with Crippen molar-refractivity contribution >= 4 is 8.32 Å². The van der Waals surface area contributed by atoms with Crippen molar-refractivity contribution < 1.29 is 9.16 Å². The summed E-state index contributed by atoms with van der Waals surface area (Å²) in [6.07, 6.45) is 4.50. The molecule has 1 heterocycles. The van der Waals surface area contributed by atoms with Crippen molar-refractivity contribution in [2.24, 2.45) is 5.92 Å². The molecule has 0 fully saturated rings. The Kier molecular flexibility index (Phi) is 5.64. The van der Waals surface area contributed by atoms with E-state index >= 15 is 0 Å². The molecule has 1 unspecified atom stereocenters. The van der Waals surface area contributed by atoms with Gasteiger partial charge < -0.3 is 9.16 Å². The average Bonchev–Trinajstić information content (AvgIpc) is 2.62. The van der Waals surface area contributed by atoms with Gasteiger partial charge in [0, 0.05) is 17.0 Å². The lowest BCUT2D eigenvalue weighted by atomic mass is 9.79. The largest absolute Gasteiger partial charge is 0.457 e. The van der Waals surface area contributed by atoms with Crippen LogP contribution in [0.25, 0.3) is 0 Å². The second-order valence-corrected chi connectivity index (χ2v) is 13.8. The van der Waals surface area contributed by atoms with E-state index in [9.17, 15) is 0 Å². The van der Waals surface area contributed by atoms with E-state index in [2.05, 4.69) is 89.3 Å². The molecular weight excluding hydrogens is 348 g/mol. The van der Waals surface area contributed by atoms with Crippen LogP contribution in [0.1, 0.15) is 44.7 Å². The Morgan fingerprint density at radius 2 is 1.52 bits per heavy atom. The highest BCUT2D eigenvalue weighted by Crippen LogP contribution is 2.47. The molecule has 3 heteroatoms. The Balaban J connectivity index is 1.78. The molecule has 0 aliphatic carbocycles. The number of benzene rings is 2. The standard InChI is InChI=1S/C24H32O2Si/c1-18(12-11-17-25-27(5,6)24(2,3)4)23-19-13-7-9-15-21(19)26-22-16-10-8-14-20(22)23/h7-16,18,23H,17H2,1-6H3/b12-11+. The van der Waals surface area contributed by atoms with Crippen LogP contribution in [0.2, 0.25) is 18.1 Å². The van der Waals surface area contributed by atoms with Crippen molar-refractivity contribution in [2.45, 2.75) is 51.7 Å². The lowest BCUT2D eigenvalue weighted by Gasteiger charge is -2.35. The smallest absolute Gasteiger partial charge is 0.192 e. The zero-order valence-electron chi connectivity index (χ0n) is 17.5. The van der Waals surface area contributed by atoms with Crippen molar-refractivity contribution in [3.8, 4) is 11.5 Å². The van der Waals surface area contributed by atoms with Crippen LogP contribution in [-0.4, -0.2) is 14.9 Å². The third-order valence-corrected chi connectivity index (χ3v) is 10.5. The lowest BCUT2D eigenvalue weighted by molar-refractivity contribution is 0.327. The predicted octanol–water partition coefficient (Wildman–Crippen LogP) is 7.14. The maximum atomic E-state index is 6.30. The number of rotatable bonds is 5. The number of para-hydroxylation sites is 2. The molecule has 0 bridgehead atoms. The highest BCUT2D eigenvalue weighted by atomic mass is 28.4. The summed E-state index contributed by atoms with van der Waals surface area (Å²) in [5.74, 6) is 2.60. The van der Waals surface area contributed by atoms with Gasteiger partial charge in [-0.1, -0.05) is 76.2 Å². The summed E-state index contributed by atoms with van der Waals surface area (Å²) >= 11 is 0. The quantitative estimate of drug-likeness (QED) is 0.405. The van der Waals surface area contributed by atoms with Gasteiger partial charge in [-0.25, -0.2) is 0 Å². The molecule has 27 heavy (non-hydrogen) atoms. The third kappa shape index (κ3) is 4.20. The maximum Gasteiger partial charge on any atom is 0.192 e. The number of fused-ring (bicyclic) bond motifs is 2. The summed E-state index contributed by atoms with van der Waals surface area (Å²) in [6, 6.07) is 16.8. The summed E-state index contributed by atoms with van der Waals surface area (Å²) in [5, 5.41) is 0.241. The van der Waals surface area contributed by atoms with Crippen molar-refractivity contribution in [2.75, 3.05) is 6.61 Å². The average molecular weight is 381 g/mol. The van der Waals surface area contributed by atoms with Gasteiger partial charge in [0.1, 0.15) is 11.5 Å². The van der Waals surface area contributed by atoms with E-state index < -0.39 is 8.32 Å². The Morgan fingerprint density at radius 1 is 1.00 bits per heavy atom. The molecule has 0 saturated carbocycles. The van der Waals surface area contributed by atoms with Gasteiger partial charge in [-0.2, -0.15) is 0 Å². The Labute approximate surface area is 165 Å². The van der Waals surface area contributed by atoms with Gasteiger partial charge in [0.2, 0.25) is 0 Å². The van der Waals surface area contributed by atoms with E-state index in [4.69, 9.17) is 9.16 Å². The Morgan fingerprint density at radius 3 is 2.04 bits per heavy atom. The minimum absolute atomic E-state index is 0.241. The van der Waals surface area contributed by atoms with Crippen LogP contribution in [0, 0.1) is 5.92 Å². The second-order valence-electron chi connectivity index (χ2n) is 9.01. The number of hydrogen-bond donors (Lipinski definition) is 0. The molecule has 3 rings (SSSR count). The van der Waals surface area contributed by atoms with E-state index in [1.165, 1.54) is 11.1 Å².